The number of carbonyl (C=O) groups excluding carboxylic acids is 5. The molecule has 3 aromatic carbocycles. The van der Waals surface area contributed by atoms with Crippen LogP contribution in [0, 0.1) is 24.1 Å². The van der Waals surface area contributed by atoms with E-state index in [9.17, 15) is 47.0 Å². The van der Waals surface area contributed by atoms with Crippen LogP contribution in [0.2, 0.25) is 0 Å². The molecule has 0 aliphatic carbocycles. The number of hydrogen-bond donors (Lipinski definition) is 6. The molecule has 3 heterocycles. The fourth-order valence-corrected chi connectivity index (χ4v) is 10.6. The number of aromatic amines is 1. The summed E-state index contributed by atoms with van der Waals surface area (Å²) in [6.45, 7) is 15.4. The van der Waals surface area contributed by atoms with Gasteiger partial charge in [-0.3, -0.25) is 28.8 Å². The number of nitrogens with zero attached hydrogens (tertiary/aromatic N) is 3. The van der Waals surface area contributed by atoms with Gasteiger partial charge in [0, 0.05) is 87.3 Å². The van der Waals surface area contributed by atoms with E-state index in [0.717, 1.165) is 27.8 Å². The topological polar surface area (TPSA) is 252 Å². The number of pyridine rings is 1. The summed E-state index contributed by atoms with van der Waals surface area (Å²) in [4.78, 5) is 89.8. The third kappa shape index (κ3) is 21.1. The number of β-amino-alcohol motifs (C(OH)–C–C–N with tert-alkyl or cyclic N) is 1. The predicted molar refractivity (Wildman–Crippen MR) is 327 cm³/mol. The third-order valence-corrected chi connectivity index (χ3v) is 15.7. The highest BCUT2D eigenvalue weighted by Gasteiger charge is 2.44. The number of likely N-dealkylation sites (N-methyl/N-ethyl adjacent to an activating group) is 1. The van der Waals surface area contributed by atoms with E-state index in [0.29, 0.717) is 63.9 Å². The van der Waals surface area contributed by atoms with Crippen molar-refractivity contribution >= 4 is 52.1 Å². The molecule has 5 aromatic rings. The van der Waals surface area contributed by atoms with Gasteiger partial charge in [-0.05, 0) is 73.7 Å². The highest BCUT2D eigenvalue weighted by Crippen LogP contribution is 2.37. The van der Waals surface area contributed by atoms with Gasteiger partial charge in [0.25, 0.3) is 11.8 Å². The molecule has 0 spiro atoms. The molecule has 1 aliphatic heterocycles. The van der Waals surface area contributed by atoms with E-state index in [4.69, 9.17) is 23.7 Å². The Labute approximate surface area is 514 Å². The molecule has 480 valence electrons. The van der Waals surface area contributed by atoms with Crippen molar-refractivity contribution in [2.24, 2.45) is 11.3 Å². The minimum absolute atomic E-state index is 0.00449. The standard InChI is InChI=1S/C63H82F4N8O12S/c1-8-19-74(37-40(2)68-7)54-16-14-44(31-53(54)73-59(80)49-36-70-56(78)34-50(49)63(65,66)67)48-15-13-45(30-52(48)64)58(79)69-18-21-84-23-25-86-27-29-87-28-26-85-24-22-83-20-17-46(76)32-51(62(4,5)6)61(82)75-38-47(77)33-55(75)60(81)71-35-42-9-11-43(12-10-42)57-41(3)72-39-88-57/h9-16,30-31,34,36,39-40,47,51,55,68,77H,8,17-29,32-33,35,37-38H2,1-7H3,(H,69,79)(H,70,78)(H,71,81)(H,73,80)/t40-,47-,51-,55+/m1/s1. The molecule has 0 bridgehead atoms. The molecule has 0 radical (unpaired) electrons. The van der Waals surface area contributed by atoms with Crippen LogP contribution in [0.15, 0.2) is 83.2 Å². The lowest BCUT2D eigenvalue weighted by atomic mass is 9.76. The SMILES string of the molecule is CCCN(C[C@@H](C)NC)c1ccc(-c2ccc(C(=O)NCCOCCOCCOCCOCCOCCC(=O)C[C@H](C(=O)N3C[C@H](O)C[C@H]3C(=O)NCc3ccc(-c4scnc4C)cc3)C(C)(C)C)cc2F)cc1NC(=O)c1c[nH]c(=O)cc1C(F)(F)F. The summed E-state index contributed by atoms with van der Waals surface area (Å²) in [5, 5.41) is 21.9. The Morgan fingerprint density at radius 1 is 0.841 bits per heavy atom. The number of halogens is 4. The number of anilines is 2. The minimum atomic E-state index is -5.00. The van der Waals surface area contributed by atoms with Crippen molar-refractivity contribution in [1.82, 2.24) is 30.8 Å². The fraction of sp³-hybridized carbons (Fsp3) is 0.508. The Bertz CT molecular complexity index is 3160. The van der Waals surface area contributed by atoms with Gasteiger partial charge in [-0.2, -0.15) is 13.2 Å². The van der Waals surface area contributed by atoms with Crippen molar-refractivity contribution in [2.75, 3.05) is 110 Å². The Hall–Kier alpha value is -6.97. The Morgan fingerprint density at radius 3 is 2.07 bits per heavy atom. The van der Waals surface area contributed by atoms with E-state index in [2.05, 4.69) is 31.2 Å². The van der Waals surface area contributed by atoms with Crippen molar-refractivity contribution in [2.45, 2.75) is 98.1 Å². The lowest BCUT2D eigenvalue weighted by Gasteiger charge is -2.34. The van der Waals surface area contributed by atoms with Crippen molar-refractivity contribution in [3.05, 3.63) is 123 Å². The van der Waals surface area contributed by atoms with Crippen molar-refractivity contribution in [1.29, 1.82) is 0 Å². The highest BCUT2D eigenvalue weighted by molar-refractivity contribution is 7.13. The second-order valence-electron chi connectivity index (χ2n) is 22.4. The molecular formula is C63H82F4N8O12S. The molecule has 4 atom stereocenters. The van der Waals surface area contributed by atoms with Gasteiger partial charge in [0.05, 0.1) is 111 Å². The zero-order chi connectivity index (χ0) is 64.0. The number of H-pyrrole nitrogens is 1. The average Bonchev–Trinajstić information content (AvgIpc) is 1.56. The summed E-state index contributed by atoms with van der Waals surface area (Å²) >= 11 is 1.56. The first kappa shape index (κ1) is 70.1. The number of aryl methyl sites for hydroxylation is 1. The zero-order valence-electron chi connectivity index (χ0n) is 50.9. The molecular weight excluding hydrogens is 1170 g/mol. The van der Waals surface area contributed by atoms with Gasteiger partial charge in [0.15, 0.2) is 0 Å². The Balaban J connectivity index is 0.820. The van der Waals surface area contributed by atoms with Crippen LogP contribution in [0.1, 0.15) is 97.8 Å². The molecule has 4 amide bonds. The van der Waals surface area contributed by atoms with E-state index in [1.165, 1.54) is 23.1 Å². The lowest BCUT2D eigenvalue weighted by molar-refractivity contribution is -0.146. The van der Waals surface area contributed by atoms with Crippen molar-refractivity contribution in [3.8, 4) is 21.6 Å². The van der Waals surface area contributed by atoms with Crippen LogP contribution < -0.4 is 31.7 Å². The number of aromatic nitrogens is 2. The van der Waals surface area contributed by atoms with Gasteiger partial charge in [-0.15, -0.1) is 11.3 Å². The predicted octanol–water partition coefficient (Wildman–Crippen LogP) is 7.81. The molecule has 6 N–H and O–H groups in total. The van der Waals surface area contributed by atoms with E-state index in [-0.39, 0.29) is 125 Å². The van der Waals surface area contributed by atoms with E-state index in [1.54, 1.807) is 36.0 Å². The number of ketones is 1. The molecule has 2 aromatic heterocycles. The largest absolute Gasteiger partial charge is 0.417 e. The van der Waals surface area contributed by atoms with Crippen LogP contribution in [0.25, 0.3) is 21.6 Å². The summed E-state index contributed by atoms with van der Waals surface area (Å²) in [5.41, 5.74) is 1.78. The third-order valence-electron chi connectivity index (χ3n) is 14.7. The maximum absolute atomic E-state index is 15.8. The van der Waals surface area contributed by atoms with E-state index >= 15 is 4.39 Å². The van der Waals surface area contributed by atoms with Gasteiger partial charge < -0.3 is 64.8 Å². The molecule has 25 heteroatoms. The number of nitrogens with one attached hydrogen (secondary N) is 5. The quantitative estimate of drug-likeness (QED) is 0.0167. The van der Waals surface area contributed by atoms with Gasteiger partial charge in [-0.1, -0.05) is 64.1 Å². The summed E-state index contributed by atoms with van der Waals surface area (Å²) in [6.07, 6.45) is -4.30. The number of amides is 4. The number of likely N-dealkylation sites (tertiary alicyclic amines) is 1. The average molecular weight is 1250 g/mol. The number of aliphatic hydroxyl groups excluding tert-OH is 1. The number of ether oxygens (including phenoxy) is 5. The van der Waals surface area contributed by atoms with E-state index < -0.39 is 64.0 Å². The number of benzene rings is 3. The molecule has 0 saturated carbocycles. The minimum Gasteiger partial charge on any atom is -0.391 e. The molecule has 20 nitrogen and oxygen atoms in total. The summed E-state index contributed by atoms with van der Waals surface area (Å²) in [6, 6.07) is 15.9. The summed E-state index contributed by atoms with van der Waals surface area (Å²) in [5.74, 6) is -4.03. The number of alkyl halides is 3. The number of thiazole rings is 1. The fourth-order valence-electron chi connectivity index (χ4n) is 9.82. The first-order valence-electron chi connectivity index (χ1n) is 29.4. The smallest absolute Gasteiger partial charge is 0.391 e. The number of aliphatic hydroxyl groups is 1. The second-order valence-corrected chi connectivity index (χ2v) is 23.3. The van der Waals surface area contributed by atoms with Crippen LogP contribution >= 0.6 is 11.3 Å². The molecule has 0 unspecified atom stereocenters. The van der Waals surface area contributed by atoms with Gasteiger partial charge in [0.1, 0.15) is 17.6 Å². The molecule has 1 aliphatic rings. The van der Waals surface area contributed by atoms with Crippen molar-refractivity contribution < 1.29 is 70.3 Å². The van der Waals surface area contributed by atoms with Gasteiger partial charge >= 0.3 is 6.18 Å². The van der Waals surface area contributed by atoms with Crippen LogP contribution in [0.5, 0.6) is 0 Å². The molecule has 1 fully saturated rings. The highest BCUT2D eigenvalue weighted by atomic mass is 32.1. The molecule has 6 rings (SSSR count). The second kappa shape index (κ2) is 34.1. The first-order valence-corrected chi connectivity index (χ1v) is 30.3. The Morgan fingerprint density at radius 2 is 1.48 bits per heavy atom. The molecule has 1 saturated heterocycles. The molecule has 88 heavy (non-hydrogen) atoms. The number of Topliss-reactive ketones (excluding diaryl/α,β-unsaturated/α-hetero) is 1. The van der Waals surface area contributed by atoms with Crippen LogP contribution in [0.3, 0.4) is 0 Å². The Kier molecular flexibility index (Phi) is 27.2. The van der Waals surface area contributed by atoms with Crippen molar-refractivity contribution in [3.63, 3.8) is 0 Å². The maximum Gasteiger partial charge on any atom is 0.417 e. The first-order chi connectivity index (χ1) is 42.0. The summed E-state index contributed by atoms with van der Waals surface area (Å²) < 4.78 is 85.4. The zero-order valence-corrected chi connectivity index (χ0v) is 51.8. The number of hydrogen-bond acceptors (Lipinski definition) is 16. The van der Waals surface area contributed by atoms with Crippen LogP contribution in [-0.4, -0.2) is 167 Å². The van der Waals surface area contributed by atoms with E-state index in [1.807, 2.05) is 70.7 Å². The lowest BCUT2D eigenvalue weighted by Crippen LogP contribution is -2.50. The van der Waals surface area contributed by atoms with Gasteiger partial charge in [-0.25, -0.2) is 9.37 Å². The van der Waals surface area contributed by atoms with Crippen LogP contribution in [0.4, 0.5) is 28.9 Å². The number of rotatable bonds is 35. The monoisotopic (exact) mass is 1250 g/mol. The maximum atomic E-state index is 15.8. The number of carbonyl (C=O) groups is 5. The normalized spacial score (nSPS) is 15.0. The summed E-state index contributed by atoms with van der Waals surface area (Å²) in [7, 11) is 1.78. The van der Waals surface area contributed by atoms with Crippen LogP contribution in [-0.2, 0) is 50.8 Å². The van der Waals surface area contributed by atoms with Gasteiger partial charge in [0.2, 0.25) is 17.4 Å².